The quantitative estimate of drug-likeness (QED) is 0.628. The maximum absolute atomic E-state index is 11.8. The lowest BCUT2D eigenvalue weighted by atomic mass is 10.4. The van der Waals surface area contributed by atoms with Crippen molar-refractivity contribution < 1.29 is 13.5 Å². The van der Waals surface area contributed by atoms with E-state index < -0.39 is 16.1 Å². The maximum Gasteiger partial charge on any atom is 0.250 e. The van der Waals surface area contributed by atoms with Crippen LogP contribution in [0.15, 0.2) is 14.1 Å². The van der Waals surface area contributed by atoms with Gasteiger partial charge in [-0.15, -0.1) is 11.3 Å². The summed E-state index contributed by atoms with van der Waals surface area (Å²) in [4.78, 5) is 0. The molecule has 0 radical (unpaired) electrons. The van der Waals surface area contributed by atoms with E-state index in [1.54, 1.807) is 6.92 Å². The molecular formula is C9H14BrClN2O3S2. The van der Waals surface area contributed by atoms with E-state index in [0.29, 0.717) is 21.9 Å². The molecule has 0 fully saturated rings. The second kappa shape index (κ2) is 7.18. The van der Waals surface area contributed by atoms with Crippen LogP contribution in [0.2, 0.25) is 5.02 Å². The van der Waals surface area contributed by atoms with Gasteiger partial charge in [0.25, 0.3) is 0 Å². The number of hydrogen-bond donors (Lipinski definition) is 3. The van der Waals surface area contributed by atoms with E-state index in [0.717, 1.165) is 11.3 Å². The van der Waals surface area contributed by atoms with E-state index in [2.05, 4.69) is 26.0 Å². The first kappa shape index (κ1) is 16.4. The lowest BCUT2D eigenvalue weighted by Gasteiger charge is -2.07. The number of halogens is 2. The maximum atomic E-state index is 11.8. The molecule has 1 atom stereocenters. The number of sulfonamides is 1. The Morgan fingerprint density at radius 2 is 2.22 bits per heavy atom. The molecule has 18 heavy (non-hydrogen) atoms. The largest absolute Gasteiger partial charge is 0.392 e. The Hall–Kier alpha value is 0.300. The molecule has 0 amide bonds. The molecule has 0 saturated heterocycles. The van der Waals surface area contributed by atoms with Gasteiger partial charge in [-0.3, -0.25) is 0 Å². The molecule has 0 aliphatic carbocycles. The molecule has 3 N–H and O–H groups in total. The normalized spacial score (nSPS) is 13.8. The molecule has 104 valence electrons. The standard InChI is InChI=1S/C9H14BrClN2O3S2/c1-6(14)5-12-2-3-13-18(15,16)8-4-7(11)9(10)17-8/h4,6,12-14H,2-3,5H2,1H3. The molecule has 1 rings (SSSR count). The van der Waals surface area contributed by atoms with E-state index in [-0.39, 0.29) is 10.8 Å². The van der Waals surface area contributed by atoms with Gasteiger partial charge in [-0.1, -0.05) is 11.6 Å². The van der Waals surface area contributed by atoms with Crippen LogP contribution in [-0.4, -0.2) is 39.3 Å². The minimum Gasteiger partial charge on any atom is -0.392 e. The van der Waals surface area contributed by atoms with Crippen LogP contribution in [0.1, 0.15) is 6.92 Å². The molecule has 0 aliphatic rings. The number of aliphatic hydroxyl groups excluding tert-OH is 1. The number of hydrogen-bond acceptors (Lipinski definition) is 5. The first-order chi connectivity index (χ1) is 8.33. The van der Waals surface area contributed by atoms with Gasteiger partial charge in [0.15, 0.2) is 0 Å². The van der Waals surface area contributed by atoms with E-state index in [1.165, 1.54) is 6.07 Å². The summed E-state index contributed by atoms with van der Waals surface area (Å²) in [5.41, 5.74) is 0. The number of thiophene rings is 1. The molecular weight excluding hydrogens is 364 g/mol. The van der Waals surface area contributed by atoms with Gasteiger partial charge in [0, 0.05) is 19.6 Å². The molecule has 0 aromatic carbocycles. The number of rotatable bonds is 7. The van der Waals surface area contributed by atoms with Crippen molar-refractivity contribution in [2.45, 2.75) is 17.2 Å². The highest BCUT2D eigenvalue weighted by Gasteiger charge is 2.18. The lowest BCUT2D eigenvalue weighted by molar-refractivity contribution is 0.192. The van der Waals surface area contributed by atoms with Crippen LogP contribution >= 0.6 is 38.9 Å². The highest BCUT2D eigenvalue weighted by molar-refractivity contribution is 9.11. The van der Waals surface area contributed by atoms with E-state index in [9.17, 15) is 8.42 Å². The van der Waals surface area contributed by atoms with Crippen molar-refractivity contribution in [1.29, 1.82) is 0 Å². The van der Waals surface area contributed by atoms with Crippen LogP contribution in [0.4, 0.5) is 0 Å². The Morgan fingerprint density at radius 3 is 2.72 bits per heavy atom. The summed E-state index contributed by atoms with van der Waals surface area (Å²) in [7, 11) is -3.51. The van der Waals surface area contributed by atoms with Gasteiger partial charge in [-0.2, -0.15) is 0 Å². The van der Waals surface area contributed by atoms with E-state index in [4.69, 9.17) is 16.7 Å². The van der Waals surface area contributed by atoms with Crippen molar-refractivity contribution in [3.8, 4) is 0 Å². The summed E-state index contributed by atoms with van der Waals surface area (Å²) in [6.45, 7) is 2.78. The van der Waals surface area contributed by atoms with Gasteiger partial charge in [-0.25, -0.2) is 13.1 Å². The zero-order valence-corrected chi connectivity index (χ0v) is 13.6. The topological polar surface area (TPSA) is 78.4 Å². The second-order valence-electron chi connectivity index (χ2n) is 3.64. The van der Waals surface area contributed by atoms with Crippen molar-refractivity contribution in [1.82, 2.24) is 10.0 Å². The van der Waals surface area contributed by atoms with Crippen molar-refractivity contribution in [2.75, 3.05) is 19.6 Å². The zero-order valence-electron chi connectivity index (χ0n) is 9.61. The average molecular weight is 378 g/mol. The molecule has 5 nitrogen and oxygen atoms in total. The molecule has 0 bridgehead atoms. The van der Waals surface area contributed by atoms with Crippen molar-refractivity contribution in [2.24, 2.45) is 0 Å². The molecule has 1 unspecified atom stereocenters. The molecule has 0 saturated carbocycles. The molecule has 1 aromatic rings. The highest BCUT2D eigenvalue weighted by atomic mass is 79.9. The fourth-order valence-electron chi connectivity index (χ4n) is 1.12. The third kappa shape index (κ3) is 5.12. The minimum absolute atomic E-state index is 0.176. The van der Waals surface area contributed by atoms with Gasteiger partial charge in [0.05, 0.1) is 14.9 Å². The van der Waals surface area contributed by atoms with Gasteiger partial charge < -0.3 is 10.4 Å². The molecule has 1 heterocycles. The van der Waals surface area contributed by atoms with Gasteiger partial charge in [-0.05, 0) is 28.9 Å². The van der Waals surface area contributed by atoms with Crippen LogP contribution in [0.3, 0.4) is 0 Å². The van der Waals surface area contributed by atoms with Gasteiger partial charge in [0.1, 0.15) is 4.21 Å². The Balaban J connectivity index is 2.45. The van der Waals surface area contributed by atoms with Gasteiger partial charge in [0.2, 0.25) is 10.0 Å². The fraction of sp³-hybridized carbons (Fsp3) is 0.556. The number of aliphatic hydroxyl groups is 1. The summed E-state index contributed by atoms with van der Waals surface area (Å²) in [5, 5.41) is 12.3. The van der Waals surface area contributed by atoms with Crippen LogP contribution in [0.5, 0.6) is 0 Å². The lowest BCUT2D eigenvalue weighted by Crippen LogP contribution is -2.34. The third-order valence-electron chi connectivity index (χ3n) is 1.92. The van der Waals surface area contributed by atoms with Crippen molar-refractivity contribution in [3.63, 3.8) is 0 Å². The zero-order chi connectivity index (χ0) is 13.8. The molecule has 0 aliphatic heterocycles. The smallest absolute Gasteiger partial charge is 0.250 e. The Labute approximate surface area is 124 Å². The third-order valence-corrected chi connectivity index (χ3v) is 6.33. The monoisotopic (exact) mass is 376 g/mol. The summed E-state index contributed by atoms with van der Waals surface area (Å²) in [6, 6.07) is 1.40. The Kier molecular flexibility index (Phi) is 6.52. The van der Waals surface area contributed by atoms with E-state index in [1.807, 2.05) is 0 Å². The highest BCUT2D eigenvalue weighted by Crippen LogP contribution is 2.34. The summed E-state index contributed by atoms with van der Waals surface area (Å²) in [5.74, 6) is 0. The first-order valence-corrected chi connectivity index (χ1v) is 8.63. The Bertz CT molecular complexity index is 471. The van der Waals surface area contributed by atoms with Crippen LogP contribution in [0.25, 0.3) is 0 Å². The summed E-state index contributed by atoms with van der Waals surface area (Å²) >= 11 is 10.0. The van der Waals surface area contributed by atoms with Crippen LogP contribution in [-0.2, 0) is 10.0 Å². The van der Waals surface area contributed by atoms with Crippen LogP contribution in [0, 0.1) is 0 Å². The minimum atomic E-state index is -3.51. The molecule has 1 aromatic heterocycles. The molecule has 9 heteroatoms. The van der Waals surface area contributed by atoms with Crippen LogP contribution < -0.4 is 10.0 Å². The van der Waals surface area contributed by atoms with Crippen molar-refractivity contribution >= 4 is 48.9 Å². The summed E-state index contributed by atoms with van der Waals surface area (Å²) in [6.07, 6.45) is -0.450. The predicted molar refractivity (Wildman–Crippen MR) is 76.8 cm³/mol. The first-order valence-electron chi connectivity index (χ1n) is 5.16. The van der Waals surface area contributed by atoms with E-state index >= 15 is 0 Å². The number of nitrogens with one attached hydrogen (secondary N) is 2. The summed E-state index contributed by atoms with van der Waals surface area (Å²) < 4.78 is 26.9. The Morgan fingerprint density at radius 1 is 1.56 bits per heavy atom. The fourth-order valence-corrected chi connectivity index (χ4v) is 4.59. The average Bonchev–Trinajstić information content (AvgIpc) is 2.59. The van der Waals surface area contributed by atoms with Crippen molar-refractivity contribution in [3.05, 3.63) is 14.9 Å². The van der Waals surface area contributed by atoms with Gasteiger partial charge >= 0.3 is 0 Å². The second-order valence-corrected chi connectivity index (χ2v) is 8.41. The SMILES string of the molecule is CC(O)CNCCNS(=O)(=O)c1cc(Cl)c(Br)s1. The predicted octanol–water partition coefficient (Wildman–Crippen LogP) is 1.41. The molecule has 0 spiro atoms.